The minimum absolute atomic E-state index is 0.100. The second-order valence-electron chi connectivity index (χ2n) is 8.25. The van der Waals surface area contributed by atoms with Crippen molar-refractivity contribution in [2.24, 2.45) is 0 Å². The van der Waals surface area contributed by atoms with Crippen LogP contribution in [0.15, 0.2) is 60.0 Å². The summed E-state index contributed by atoms with van der Waals surface area (Å²) in [5.41, 5.74) is 1.52. The van der Waals surface area contributed by atoms with Gasteiger partial charge in [-0.2, -0.15) is 0 Å². The van der Waals surface area contributed by atoms with E-state index in [0.717, 1.165) is 5.56 Å². The predicted octanol–water partition coefficient (Wildman–Crippen LogP) is 5.23. The standard InChI is InChI=1S/C26H27ClFN3O4S/c1-34-13-12-30(26(33)29-19-6-4-5-18(27)15-19)16-25(32)31-11-9-24-20(10-14-36-24)22(31)17-35-23-8-3-2-7-21(23)28/h2-8,10,14-15,22H,9,11-13,16-17H2,1H3,(H,29,33)/t22-/m1/s1. The highest BCUT2D eigenvalue weighted by atomic mass is 35.5. The summed E-state index contributed by atoms with van der Waals surface area (Å²) in [7, 11) is 1.54. The van der Waals surface area contributed by atoms with Gasteiger partial charge in [-0.3, -0.25) is 4.79 Å². The Labute approximate surface area is 218 Å². The zero-order chi connectivity index (χ0) is 25.5. The van der Waals surface area contributed by atoms with Gasteiger partial charge in [-0.15, -0.1) is 11.3 Å². The van der Waals surface area contributed by atoms with Crippen LogP contribution >= 0.6 is 22.9 Å². The molecule has 1 N–H and O–H groups in total. The number of carbonyl (C=O) groups excluding carboxylic acids is 2. The second-order valence-corrected chi connectivity index (χ2v) is 9.69. The Morgan fingerprint density at radius 3 is 2.83 bits per heavy atom. The lowest BCUT2D eigenvalue weighted by Gasteiger charge is -2.37. The van der Waals surface area contributed by atoms with Gasteiger partial charge in [0.2, 0.25) is 5.91 Å². The smallest absolute Gasteiger partial charge is 0.322 e. The molecule has 0 saturated heterocycles. The molecule has 2 aromatic carbocycles. The Balaban J connectivity index is 1.49. The van der Waals surface area contributed by atoms with Gasteiger partial charge in [-0.1, -0.05) is 29.8 Å². The maximum absolute atomic E-state index is 14.1. The van der Waals surface area contributed by atoms with Crippen LogP contribution in [-0.2, 0) is 16.0 Å². The maximum atomic E-state index is 14.1. The van der Waals surface area contributed by atoms with Crippen molar-refractivity contribution < 1.29 is 23.5 Å². The molecule has 1 atom stereocenters. The number of amides is 3. The number of thiophene rings is 1. The number of para-hydroxylation sites is 1. The van der Waals surface area contributed by atoms with E-state index >= 15 is 0 Å². The van der Waals surface area contributed by atoms with Crippen LogP contribution in [0.3, 0.4) is 0 Å². The summed E-state index contributed by atoms with van der Waals surface area (Å²) >= 11 is 7.66. The molecular weight excluding hydrogens is 505 g/mol. The average molecular weight is 532 g/mol. The van der Waals surface area contributed by atoms with Gasteiger partial charge in [-0.25, -0.2) is 9.18 Å². The Hall–Kier alpha value is -3.14. The SMILES string of the molecule is COCCN(CC(=O)N1CCc2sccc2[C@H]1COc1ccccc1F)C(=O)Nc1cccc(Cl)c1. The zero-order valence-corrected chi connectivity index (χ0v) is 21.4. The van der Waals surface area contributed by atoms with Crippen LogP contribution in [0.5, 0.6) is 5.75 Å². The molecule has 3 aromatic rings. The van der Waals surface area contributed by atoms with Crippen LogP contribution < -0.4 is 10.1 Å². The van der Waals surface area contributed by atoms with Crippen LogP contribution in [0.2, 0.25) is 5.02 Å². The van der Waals surface area contributed by atoms with Gasteiger partial charge in [0.25, 0.3) is 0 Å². The van der Waals surface area contributed by atoms with E-state index in [4.69, 9.17) is 21.1 Å². The highest BCUT2D eigenvalue weighted by Gasteiger charge is 2.33. The topological polar surface area (TPSA) is 71.1 Å². The van der Waals surface area contributed by atoms with Crippen LogP contribution in [0.25, 0.3) is 0 Å². The molecular formula is C26H27ClFN3O4S. The Bertz CT molecular complexity index is 1210. The van der Waals surface area contributed by atoms with E-state index in [2.05, 4.69) is 5.32 Å². The van der Waals surface area contributed by atoms with E-state index in [9.17, 15) is 14.0 Å². The number of hydrogen-bond acceptors (Lipinski definition) is 5. The van der Waals surface area contributed by atoms with E-state index in [1.165, 1.54) is 23.0 Å². The van der Waals surface area contributed by atoms with Gasteiger partial charge < -0.3 is 24.6 Å². The highest BCUT2D eigenvalue weighted by molar-refractivity contribution is 7.10. The number of fused-ring (bicyclic) bond motifs is 1. The normalized spacial score (nSPS) is 14.8. The summed E-state index contributed by atoms with van der Waals surface area (Å²) in [5.74, 6) is -0.554. The predicted molar refractivity (Wildman–Crippen MR) is 138 cm³/mol. The number of benzene rings is 2. The first kappa shape index (κ1) is 25.9. The van der Waals surface area contributed by atoms with Gasteiger partial charge >= 0.3 is 6.03 Å². The monoisotopic (exact) mass is 531 g/mol. The van der Waals surface area contributed by atoms with E-state index in [0.29, 0.717) is 23.7 Å². The molecule has 0 saturated carbocycles. The molecule has 2 heterocycles. The molecule has 3 amide bonds. The van der Waals surface area contributed by atoms with Crippen molar-refractivity contribution in [2.75, 3.05) is 45.3 Å². The van der Waals surface area contributed by atoms with Crippen LogP contribution in [0, 0.1) is 5.82 Å². The minimum Gasteiger partial charge on any atom is -0.488 e. The van der Waals surface area contributed by atoms with Crippen LogP contribution in [0.4, 0.5) is 14.9 Å². The number of carbonyl (C=O) groups is 2. The van der Waals surface area contributed by atoms with Crippen LogP contribution in [0.1, 0.15) is 16.5 Å². The number of halogens is 2. The summed E-state index contributed by atoms with van der Waals surface area (Å²) in [6.45, 7) is 0.924. The van der Waals surface area contributed by atoms with Crippen molar-refractivity contribution in [3.05, 3.63) is 81.3 Å². The van der Waals surface area contributed by atoms with Gasteiger partial charge in [0, 0.05) is 35.8 Å². The van der Waals surface area contributed by atoms with Crippen molar-refractivity contribution in [1.82, 2.24) is 9.80 Å². The Morgan fingerprint density at radius 1 is 1.22 bits per heavy atom. The Kier molecular flexibility index (Phi) is 8.79. The number of hydrogen-bond donors (Lipinski definition) is 1. The van der Waals surface area contributed by atoms with E-state index in [-0.39, 0.29) is 38.0 Å². The van der Waals surface area contributed by atoms with Crippen molar-refractivity contribution in [2.45, 2.75) is 12.5 Å². The molecule has 0 aliphatic carbocycles. The maximum Gasteiger partial charge on any atom is 0.322 e. The third-order valence-corrected chi connectivity index (χ3v) is 7.13. The fourth-order valence-electron chi connectivity index (χ4n) is 4.08. The Morgan fingerprint density at radius 2 is 2.06 bits per heavy atom. The molecule has 0 radical (unpaired) electrons. The molecule has 36 heavy (non-hydrogen) atoms. The first-order chi connectivity index (χ1) is 17.5. The lowest BCUT2D eigenvalue weighted by molar-refractivity contribution is -0.135. The molecule has 1 aliphatic heterocycles. The zero-order valence-electron chi connectivity index (χ0n) is 19.8. The average Bonchev–Trinajstić information content (AvgIpc) is 3.35. The third kappa shape index (κ3) is 6.34. The molecule has 0 spiro atoms. The number of nitrogens with zero attached hydrogens (tertiary/aromatic N) is 2. The number of rotatable bonds is 9. The number of urea groups is 1. The van der Waals surface area contributed by atoms with E-state index in [1.54, 1.807) is 58.7 Å². The fourth-order valence-corrected chi connectivity index (χ4v) is 5.20. The van der Waals surface area contributed by atoms with Gasteiger partial charge in [-0.05, 0) is 53.8 Å². The summed E-state index contributed by atoms with van der Waals surface area (Å²) in [4.78, 5) is 30.8. The lowest BCUT2D eigenvalue weighted by Crippen LogP contribution is -2.49. The first-order valence-corrected chi connectivity index (χ1v) is 12.8. The fraction of sp³-hybridized carbons (Fsp3) is 0.308. The summed E-state index contributed by atoms with van der Waals surface area (Å²) in [6.07, 6.45) is 0.710. The molecule has 0 bridgehead atoms. The van der Waals surface area contributed by atoms with Crippen LogP contribution in [-0.4, -0.2) is 61.7 Å². The van der Waals surface area contributed by atoms with Crippen molar-refractivity contribution >= 4 is 40.6 Å². The number of anilines is 1. The van der Waals surface area contributed by atoms with Crippen molar-refractivity contribution in [3.8, 4) is 5.75 Å². The molecule has 4 rings (SSSR count). The van der Waals surface area contributed by atoms with E-state index < -0.39 is 17.9 Å². The largest absolute Gasteiger partial charge is 0.488 e. The van der Waals surface area contributed by atoms with Gasteiger partial charge in [0.05, 0.1) is 12.6 Å². The second kappa shape index (κ2) is 12.2. The molecule has 1 aliphatic rings. The molecule has 0 fully saturated rings. The molecule has 7 nitrogen and oxygen atoms in total. The van der Waals surface area contributed by atoms with Gasteiger partial charge in [0.1, 0.15) is 13.2 Å². The van der Waals surface area contributed by atoms with Gasteiger partial charge in [0.15, 0.2) is 11.6 Å². The third-order valence-electron chi connectivity index (χ3n) is 5.90. The molecule has 1 aromatic heterocycles. The lowest BCUT2D eigenvalue weighted by atomic mass is 10.0. The van der Waals surface area contributed by atoms with Crippen molar-refractivity contribution in [1.29, 1.82) is 0 Å². The number of methoxy groups -OCH3 is 1. The summed E-state index contributed by atoms with van der Waals surface area (Å²) in [5, 5.41) is 5.26. The summed E-state index contributed by atoms with van der Waals surface area (Å²) < 4.78 is 25.1. The summed E-state index contributed by atoms with van der Waals surface area (Å²) in [6, 6.07) is 14.1. The molecule has 0 unspecified atom stereocenters. The highest BCUT2D eigenvalue weighted by Crippen LogP contribution is 2.34. The number of ether oxygens (including phenoxy) is 2. The van der Waals surface area contributed by atoms with Crippen molar-refractivity contribution in [3.63, 3.8) is 0 Å². The van der Waals surface area contributed by atoms with E-state index in [1.807, 2.05) is 11.4 Å². The first-order valence-electron chi connectivity index (χ1n) is 11.5. The molecule has 10 heteroatoms. The quantitative estimate of drug-likeness (QED) is 0.410. The number of nitrogens with one attached hydrogen (secondary N) is 1. The molecule has 190 valence electrons. The minimum atomic E-state index is -0.458.